The smallest absolute Gasteiger partial charge is 0.134 e. The van der Waals surface area contributed by atoms with Crippen molar-refractivity contribution in [3.05, 3.63) is 11.6 Å². The van der Waals surface area contributed by atoms with Crippen LogP contribution < -0.4 is 11.1 Å². The summed E-state index contributed by atoms with van der Waals surface area (Å²) < 4.78 is 2.18. The Balaban J connectivity index is 1.76. The number of hydrogen-bond donors (Lipinski definition) is 2. The van der Waals surface area contributed by atoms with Gasteiger partial charge in [0.05, 0.1) is 6.17 Å². The number of aromatic nitrogens is 3. The van der Waals surface area contributed by atoms with E-state index in [1.165, 1.54) is 12.8 Å². The molecule has 3 rings (SSSR count). The molecule has 0 spiro atoms. The lowest BCUT2D eigenvalue weighted by molar-refractivity contribution is 0.347. The Morgan fingerprint density at radius 3 is 3.06 bits per heavy atom. The number of hydrogen-bond acceptors (Lipinski definition) is 4. The van der Waals surface area contributed by atoms with Gasteiger partial charge >= 0.3 is 0 Å². The zero-order chi connectivity index (χ0) is 11.7. The maximum atomic E-state index is 6.16. The minimum Gasteiger partial charge on any atom is -0.316 e. The first-order chi connectivity index (χ1) is 8.34. The largest absolute Gasteiger partial charge is 0.316 e. The van der Waals surface area contributed by atoms with Gasteiger partial charge in [-0.05, 0) is 44.7 Å². The highest BCUT2D eigenvalue weighted by molar-refractivity contribution is 5.02. The van der Waals surface area contributed by atoms with Crippen LogP contribution in [0.5, 0.6) is 0 Å². The van der Waals surface area contributed by atoms with Crippen LogP contribution in [-0.2, 0) is 12.8 Å². The average molecular weight is 235 g/mol. The number of aryl methyl sites for hydroxylation is 1. The molecule has 0 bridgehead atoms. The van der Waals surface area contributed by atoms with Gasteiger partial charge in [0.15, 0.2) is 0 Å². The molecular weight excluding hydrogens is 214 g/mol. The van der Waals surface area contributed by atoms with Gasteiger partial charge in [-0.3, -0.25) is 4.57 Å². The fourth-order valence-corrected chi connectivity index (χ4v) is 3.01. The molecule has 2 atom stereocenters. The molecule has 3 N–H and O–H groups in total. The van der Waals surface area contributed by atoms with E-state index in [1.54, 1.807) is 0 Å². The summed E-state index contributed by atoms with van der Waals surface area (Å²) in [6, 6.07) is 0. The highest BCUT2D eigenvalue weighted by Crippen LogP contribution is 2.23. The molecule has 1 aromatic rings. The van der Waals surface area contributed by atoms with Crippen molar-refractivity contribution in [1.82, 2.24) is 20.1 Å². The van der Waals surface area contributed by atoms with Crippen LogP contribution in [-0.4, -0.2) is 27.9 Å². The standard InChI is InChI=1S/C12H21N5/c13-10-4-1-5-11-15-16-12(17(10)11)7-9-3-2-6-14-8-9/h9-10,14H,1-8,13H2. The van der Waals surface area contributed by atoms with Gasteiger partial charge < -0.3 is 11.1 Å². The molecule has 1 aromatic heterocycles. The van der Waals surface area contributed by atoms with Crippen LogP contribution in [0.2, 0.25) is 0 Å². The summed E-state index contributed by atoms with van der Waals surface area (Å²) in [5.41, 5.74) is 6.16. The van der Waals surface area contributed by atoms with Crippen LogP contribution in [0.25, 0.3) is 0 Å². The first-order valence-electron chi connectivity index (χ1n) is 6.73. The predicted molar refractivity (Wildman–Crippen MR) is 65.5 cm³/mol. The van der Waals surface area contributed by atoms with E-state index in [9.17, 15) is 0 Å². The van der Waals surface area contributed by atoms with Crippen LogP contribution >= 0.6 is 0 Å². The molecule has 2 aliphatic heterocycles. The number of nitrogens with zero attached hydrogens (tertiary/aromatic N) is 3. The van der Waals surface area contributed by atoms with E-state index >= 15 is 0 Å². The van der Waals surface area contributed by atoms with Gasteiger partial charge in [0.2, 0.25) is 0 Å². The molecule has 0 amide bonds. The first kappa shape index (κ1) is 11.2. The van der Waals surface area contributed by atoms with Crippen molar-refractivity contribution in [2.75, 3.05) is 13.1 Å². The van der Waals surface area contributed by atoms with E-state index in [2.05, 4.69) is 20.1 Å². The molecule has 5 nitrogen and oxygen atoms in total. The summed E-state index contributed by atoms with van der Waals surface area (Å²) >= 11 is 0. The third-order valence-electron chi connectivity index (χ3n) is 3.94. The van der Waals surface area contributed by atoms with Crippen molar-refractivity contribution in [3.8, 4) is 0 Å². The fourth-order valence-electron chi connectivity index (χ4n) is 3.01. The molecule has 3 heterocycles. The highest BCUT2D eigenvalue weighted by Gasteiger charge is 2.24. The Hall–Kier alpha value is -0.940. The van der Waals surface area contributed by atoms with E-state index in [0.29, 0.717) is 5.92 Å². The molecule has 2 unspecified atom stereocenters. The second kappa shape index (κ2) is 4.74. The lowest BCUT2D eigenvalue weighted by Gasteiger charge is -2.25. The number of rotatable bonds is 2. The van der Waals surface area contributed by atoms with Gasteiger partial charge in [-0.1, -0.05) is 0 Å². The molecule has 0 aromatic carbocycles. The van der Waals surface area contributed by atoms with E-state index in [0.717, 1.165) is 50.4 Å². The molecule has 5 heteroatoms. The second-order valence-corrected chi connectivity index (χ2v) is 5.28. The van der Waals surface area contributed by atoms with Crippen LogP contribution in [0, 0.1) is 5.92 Å². The third-order valence-corrected chi connectivity index (χ3v) is 3.94. The van der Waals surface area contributed by atoms with Crippen LogP contribution in [0.15, 0.2) is 0 Å². The quantitative estimate of drug-likeness (QED) is 0.788. The van der Waals surface area contributed by atoms with E-state index < -0.39 is 0 Å². The SMILES string of the molecule is NC1CCCc2nnc(CC3CCCNC3)n21. The summed E-state index contributed by atoms with van der Waals surface area (Å²) in [6.07, 6.45) is 6.92. The normalized spacial score (nSPS) is 29.0. The molecule has 17 heavy (non-hydrogen) atoms. The Kier molecular flexibility index (Phi) is 3.11. The van der Waals surface area contributed by atoms with Crippen LogP contribution in [0.1, 0.15) is 43.5 Å². The molecule has 0 saturated carbocycles. The van der Waals surface area contributed by atoms with E-state index in [4.69, 9.17) is 5.73 Å². The maximum absolute atomic E-state index is 6.16. The number of nitrogens with one attached hydrogen (secondary N) is 1. The van der Waals surface area contributed by atoms with Gasteiger partial charge in [0.25, 0.3) is 0 Å². The number of nitrogens with two attached hydrogens (primary N) is 1. The Morgan fingerprint density at radius 1 is 1.29 bits per heavy atom. The van der Waals surface area contributed by atoms with Crippen LogP contribution in [0.4, 0.5) is 0 Å². The molecule has 0 aliphatic carbocycles. The predicted octanol–water partition coefficient (Wildman–Crippen LogP) is 0.614. The minimum atomic E-state index is 0.0975. The Labute approximate surface area is 102 Å². The summed E-state index contributed by atoms with van der Waals surface area (Å²) in [6.45, 7) is 2.27. The van der Waals surface area contributed by atoms with Gasteiger partial charge in [0.1, 0.15) is 11.6 Å². The van der Waals surface area contributed by atoms with Gasteiger partial charge in [-0.25, -0.2) is 0 Å². The second-order valence-electron chi connectivity index (χ2n) is 5.28. The monoisotopic (exact) mass is 235 g/mol. The number of fused-ring (bicyclic) bond motifs is 1. The maximum Gasteiger partial charge on any atom is 0.134 e. The molecule has 94 valence electrons. The van der Waals surface area contributed by atoms with Gasteiger partial charge in [-0.2, -0.15) is 0 Å². The van der Waals surface area contributed by atoms with Crippen molar-refractivity contribution in [2.45, 2.75) is 44.7 Å². The van der Waals surface area contributed by atoms with E-state index in [-0.39, 0.29) is 6.17 Å². The van der Waals surface area contributed by atoms with Crippen molar-refractivity contribution < 1.29 is 0 Å². The molecule has 0 radical (unpaired) electrons. The summed E-state index contributed by atoms with van der Waals surface area (Å²) in [5, 5.41) is 12.1. The molecule has 1 saturated heterocycles. The third kappa shape index (κ3) is 2.21. The summed E-state index contributed by atoms with van der Waals surface area (Å²) in [5.74, 6) is 2.88. The van der Waals surface area contributed by atoms with Gasteiger partial charge in [-0.15, -0.1) is 10.2 Å². The molecule has 2 aliphatic rings. The zero-order valence-corrected chi connectivity index (χ0v) is 10.2. The minimum absolute atomic E-state index is 0.0975. The average Bonchev–Trinajstić information content (AvgIpc) is 2.75. The first-order valence-corrected chi connectivity index (χ1v) is 6.73. The van der Waals surface area contributed by atoms with Crippen molar-refractivity contribution in [2.24, 2.45) is 11.7 Å². The topological polar surface area (TPSA) is 68.8 Å². The fraction of sp³-hybridized carbons (Fsp3) is 0.833. The Morgan fingerprint density at radius 2 is 2.24 bits per heavy atom. The lowest BCUT2D eigenvalue weighted by Crippen LogP contribution is -2.33. The van der Waals surface area contributed by atoms with E-state index in [1.807, 2.05) is 0 Å². The summed E-state index contributed by atoms with van der Waals surface area (Å²) in [4.78, 5) is 0. The Bertz CT molecular complexity index is 380. The van der Waals surface area contributed by atoms with Crippen molar-refractivity contribution in [3.63, 3.8) is 0 Å². The lowest BCUT2D eigenvalue weighted by atomic mass is 9.95. The summed E-state index contributed by atoms with van der Waals surface area (Å²) in [7, 11) is 0. The molecule has 1 fully saturated rings. The van der Waals surface area contributed by atoms with Crippen molar-refractivity contribution in [1.29, 1.82) is 0 Å². The highest BCUT2D eigenvalue weighted by atomic mass is 15.3. The van der Waals surface area contributed by atoms with Crippen LogP contribution in [0.3, 0.4) is 0 Å². The molecular formula is C12H21N5. The van der Waals surface area contributed by atoms with Gasteiger partial charge in [0, 0.05) is 12.8 Å². The zero-order valence-electron chi connectivity index (χ0n) is 10.2. The number of piperidine rings is 1. The van der Waals surface area contributed by atoms with Crippen molar-refractivity contribution >= 4 is 0 Å².